The number of hydrogen-bond acceptors (Lipinski definition) is 2. The molecule has 1 fully saturated rings. The molecule has 0 atom stereocenters. The number of hydrogen-bond donors (Lipinski definition) is 1. The van der Waals surface area contributed by atoms with E-state index in [0.717, 1.165) is 41.7 Å². The molecule has 0 aromatic heterocycles. The van der Waals surface area contributed by atoms with Crippen LogP contribution in [0.15, 0.2) is 28.7 Å². The summed E-state index contributed by atoms with van der Waals surface area (Å²) in [6.45, 7) is 2.07. The first-order valence-corrected chi connectivity index (χ1v) is 6.46. The van der Waals surface area contributed by atoms with Gasteiger partial charge in [0.15, 0.2) is 0 Å². The normalized spacial score (nSPS) is 21.6. The van der Waals surface area contributed by atoms with Crippen molar-refractivity contribution in [2.45, 2.75) is 18.4 Å². The maximum atomic E-state index is 6.18. The molecule has 0 radical (unpaired) electrons. The van der Waals surface area contributed by atoms with Crippen LogP contribution < -0.4 is 10.1 Å². The van der Waals surface area contributed by atoms with E-state index in [1.54, 1.807) is 0 Å². The summed E-state index contributed by atoms with van der Waals surface area (Å²) in [6, 6.07) is 6.12. The Morgan fingerprint density at radius 3 is 2.88 bits per heavy atom. The molecule has 0 unspecified atom stereocenters. The van der Waals surface area contributed by atoms with E-state index in [0.29, 0.717) is 0 Å². The second-order valence-electron chi connectivity index (χ2n) is 4.40. The Labute approximate surface area is 104 Å². The molecule has 2 aliphatic rings. The van der Waals surface area contributed by atoms with Gasteiger partial charge in [0.05, 0.1) is 0 Å². The van der Waals surface area contributed by atoms with E-state index in [2.05, 4.69) is 33.4 Å². The van der Waals surface area contributed by atoms with E-state index < -0.39 is 0 Å². The largest absolute Gasteiger partial charge is 0.482 e. The molecule has 0 aliphatic carbocycles. The lowest BCUT2D eigenvalue weighted by Crippen LogP contribution is -2.45. The molecule has 3 rings (SSSR count). The highest BCUT2D eigenvalue weighted by atomic mass is 79.9. The van der Waals surface area contributed by atoms with Gasteiger partial charge in [-0.1, -0.05) is 28.1 Å². The van der Waals surface area contributed by atoms with Crippen LogP contribution in [0.4, 0.5) is 0 Å². The first-order valence-electron chi connectivity index (χ1n) is 5.67. The van der Waals surface area contributed by atoms with Gasteiger partial charge in [0, 0.05) is 22.9 Å². The van der Waals surface area contributed by atoms with E-state index in [1.807, 2.05) is 18.2 Å². The molecule has 3 heteroatoms. The third kappa shape index (κ3) is 1.68. The van der Waals surface area contributed by atoms with E-state index >= 15 is 0 Å². The Kier molecular flexibility index (Phi) is 2.52. The molecule has 0 bridgehead atoms. The van der Waals surface area contributed by atoms with Gasteiger partial charge in [0.1, 0.15) is 11.4 Å². The van der Waals surface area contributed by atoms with Crippen LogP contribution in [0.5, 0.6) is 5.75 Å². The zero-order valence-corrected chi connectivity index (χ0v) is 10.6. The Morgan fingerprint density at radius 2 is 2.06 bits per heavy atom. The lowest BCUT2D eigenvalue weighted by atomic mass is 9.89. The molecule has 1 aromatic rings. The molecule has 2 nitrogen and oxygen atoms in total. The molecule has 84 valence electrons. The third-order valence-corrected chi connectivity index (χ3v) is 4.02. The average Bonchev–Trinajstić information content (AvgIpc) is 2.30. The van der Waals surface area contributed by atoms with E-state index in [9.17, 15) is 0 Å². The average molecular weight is 280 g/mol. The molecule has 1 spiro atoms. The Hall–Kier alpha value is -0.800. The smallest absolute Gasteiger partial charge is 0.130 e. The number of halogens is 1. The fourth-order valence-electron chi connectivity index (χ4n) is 2.37. The van der Waals surface area contributed by atoms with E-state index in [4.69, 9.17) is 4.74 Å². The fraction of sp³-hybridized carbons (Fsp3) is 0.385. The molecule has 0 amide bonds. The SMILES string of the molecule is Brc1cccc2c1C=CC1(CCNCC1)O2. The molecule has 1 saturated heterocycles. The first kappa shape index (κ1) is 10.4. The zero-order chi connectivity index (χ0) is 11.0. The molecule has 1 aromatic carbocycles. The Balaban J connectivity index is 1.97. The summed E-state index contributed by atoms with van der Waals surface area (Å²) in [5, 5.41) is 3.37. The second-order valence-corrected chi connectivity index (χ2v) is 5.26. The summed E-state index contributed by atoms with van der Waals surface area (Å²) in [6.07, 6.45) is 6.51. The quantitative estimate of drug-likeness (QED) is 0.789. The number of nitrogens with one attached hydrogen (secondary N) is 1. The summed E-state index contributed by atoms with van der Waals surface area (Å²) in [5.74, 6) is 0.999. The van der Waals surface area contributed by atoms with Crippen molar-refractivity contribution in [2.24, 2.45) is 0 Å². The van der Waals surface area contributed by atoms with Crippen molar-refractivity contribution in [3.05, 3.63) is 34.3 Å². The van der Waals surface area contributed by atoms with Gasteiger partial charge in [-0.2, -0.15) is 0 Å². The number of rotatable bonds is 0. The van der Waals surface area contributed by atoms with Crippen LogP contribution in [0.25, 0.3) is 6.08 Å². The highest BCUT2D eigenvalue weighted by molar-refractivity contribution is 9.10. The van der Waals surface area contributed by atoms with E-state index in [1.165, 1.54) is 0 Å². The number of piperidine rings is 1. The standard InChI is InChI=1S/C13H14BrNO/c14-11-2-1-3-12-10(11)4-5-13(16-12)6-8-15-9-7-13/h1-5,15H,6-9H2. The minimum Gasteiger partial charge on any atom is -0.482 e. The maximum Gasteiger partial charge on any atom is 0.130 e. The Bertz CT molecular complexity index is 436. The lowest BCUT2D eigenvalue weighted by molar-refractivity contribution is 0.0822. The van der Waals surface area contributed by atoms with Gasteiger partial charge in [-0.25, -0.2) is 0 Å². The first-order chi connectivity index (χ1) is 7.79. The molecule has 1 N–H and O–H groups in total. The predicted molar refractivity (Wildman–Crippen MR) is 68.6 cm³/mol. The van der Waals surface area contributed by atoms with E-state index in [-0.39, 0.29) is 5.60 Å². The van der Waals surface area contributed by atoms with Gasteiger partial charge in [0.25, 0.3) is 0 Å². The van der Waals surface area contributed by atoms with Gasteiger partial charge in [-0.05, 0) is 31.3 Å². The van der Waals surface area contributed by atoms with Crippen molar-refractivity contribution >= 4 is 22.0 Å². The topological polar surface area (TPSA) is 21.3 Å². The van der Waals surface area contributed by atoms with Gasteiger partial charge < -0.3 is 10.1 Å². The van der Waals surface area contributed by atoms with Crippen LogP contribution in [-0.4, -0.2) is 18.7 Å². The van der Waals surface area contributed by atoms with Crippen LogP contribution in [0.1, 0.15) is 18.4 Å². The minimum atomic E-state index is -0.0704. The minimum absolute atomic E-state index is 0.0704. The van der Waals surface area contributed by atoms with Gasteiger partial charge in [-0.3, -0.25) is 0 Å². The van der Waals surface area contributed by atoms with Gasteiger partial charge in [0.2, 0.25) is 0 Å². The monoisotopic (exact) mass is 279 g/mol. The van der Waals surface area contributed by atoms with Crippen LogP contribution in [0.2, 0.25) is 0 Å². The van der Waals surface area contributed by atoms with Crippen molar-refractivity contribution in [3.8, 4) is 5.75 Å². The van der Waals surface area contributed by atoms with Crippen LogP contribution in [-0.2, 0) is 0 Å². The fourth-order valence-corrected chi connectivity index (χ4v) is 2.86. The van der Waals surface area contributed by atoms with Gasteiger partial charge in [-0.15, -0.1) is 0 Å². The van der Waals surface area contributed by atoms with Crippen molar-refractivity contribution in [1.29, 1.82) is 0 Å². The van der Waals surface area contributed by atoms with Crippen molar-refractivity contribution in [2.75, 3.05) is 13.1 Å². The molecule has 16 heavy (non-hydrogen) atoms. The summed E-state index contributed by atoms with van der Waals surface area (Å²) >= 11 is 3.55. The lowest BCUT2D eigenvalue weighted by Gasteiger charge is -2.38. The van der Waals surface area contributed by atoms with Gasteiger partial charge >= 0.3 is 0 Å². The maximum absolute atomic E-state index is 6.18. The summed E-state index contributed by atoms with van der Waals surface area (Å²) in [5.41, 5.74) is 1.09. The molecule has 0 saturated carbocycles. The third-order valence-electron chi connectivity index (χ3n) is 3.33. The number of fused-ring (bicyclic) bond motifs is 1. The molecular weight excluding hydrogens is 266 g/mol. The number of benzene rings is 1. The summed E-state index contributed by atoms with van der Waals surface area (Å²) in [7, 11) is 0. The summed E-state index contributed by atoms with van der Waals surface area (Å²) in [4.78, 5) is 0. The van der Waals surface area contributed by atoms with Crippen LogP contribution >= 0.6 is 15.9 Å². The second kappa shape index (κ2) is 3.90. The zero-order valence-electron chi connectivity index (χ0n) is 9.00. The molecular formula is C13H14BrNO. The highest BCUT2D eigenvalue weighted by Gasteiger charge is 2.34. The highest BCUT2D eigenvalue weighted by Crippen LogP contribution is 2.38. The van der Waals surface area contributed by atoms with Crippen molar-refractivity contribution in [1.82, 2.24) is 5.32 Å². The van der Waals surface area contributed by atoms with Crippen molar-refractivity contribution < 1.29 is 4.74 Å². The molecule has 2 aliphatic heterocycles. The summed E-state index contributed by atoms with van der Waals surface area (Å²) < 4.78 is 7.29. The van der Waals surface area contributed by atoms with Crippen molar-refractivity contribution in [3.63, 3.8) is 0 Å². The molecule has 2 heterocycles. The Morgan fingerprint density at radius 1 is 1.25 bits per heavy atom. The van der Waals surface area contributed by atoms with Crippen LogP contribution in [0, 0.1) is 0 Å². The number of ether oxygens (including phenoxy) is 1. The van der Waals surface area contributed by atoms with Crippen LogP contribution in [0.3, 0.4) is 0 Å². The predicted octanol–water partition coefficient (Wildman–Crippen LogP) is 2.98.